The number of anilines is 3. The van der Waals surface area contributed by atoms with Gasteiger partial charge in [-0.15, -0.1) is 0 Å². The van der Waals surface area contributed by atoms with Crippen LogP contribution in [0, 0.1) is 5.92 Å². The molecule has 1 heterocycles. The quantitative estimate of drug-likeness (QED) is 0.413. The molecule has 0 spiro atoms. The number of fused-ring (bicyclic) bond motifs is 1. The van der Waals surface area contributed by atoms with E-state index < -0.39 is 33.7 Å². The predicted octanol–water partition coefficient (Wildman–Crippen LogP) is 4.55. The molecule has 0 unspecified atom stereocenters. The van der Waals surface area contributed by atoms with Gasteiger partial charge in [-0.05, 0) is 42.0 Å². The van der Waals surface area contributed by atoms with Crippen LogP contribution in [0.4, 0.5) is 30.5 Å². The molecule has 2 aromatic carbocycles. The highest BCUT2D eigenvalue weighted by molar-refractivity contribution is 7.88. The lowest BCUT2D eigenvalue weighted by atomic mass is 9.93. The molecule has 208 valence electrons. The van der Waals surface area contributed by atoms with Gasteiger partial charge in [0.1, 0.15) is 5.75 Å². The minimum Gasteiger partial charge on any atom is -0.494 e. The van der Waals surface area contributed by atoms with Crippen LogP contribution in [0.25, 0.3) is 0 Å². The van der Waals surface area contributed by atoms with Gasteiger partial charge in [0.25, 0.3) is 0 Å². The van der Waals surface area contributed by atoms with Crippen molar-refractivity contribution in [1.82, 2.24) is 14.3 Å². The molecule has 0 bridgehead atoms. The van der Waals surface area contributed by atoms with Gasteiger partial charge in [-0.2, -0.15) is 17.5 Å². The van der Waals surface area contributed by atoms with Gasteiger partial charge in [-0.25, -0.2) is 18.4 Å². The molecule has 0 aliphatic heterocycles. The summed E-state index contributed by atoms with van der Waals surface area (Å²) in [5.74, 6) is -0.542. The van der Waals surface area contributed by atoms with Gasteiger partial charge in [0.15, 0.2) is 0 Å². The molecule has 0 saturated heterocycles. The van der Waals surface area contributed by atoms with Crippen molar-refractivity contribution in [3.63, 3.8) is 0 Å². The van der Waals surface area contributed by atoms with Gasteiger partial charge >= 0.3 is 6.18 Å². The van der Waals surface area contributed by atoms with Crippen molar-refractivity contribution in [3.8, 4) is 5.75 Å². The molecule has 2 atom stereocenters. The Morgan fingerprint density at radius 2 is 1.92 bits per heavy atom. The molecule has 39 heavy (non-hydrogen) atoms. The Labute approximate surface area is 224 Å². The maximum atomic E-state index is 14.0. The molecule has 1 aliphatic rings. The number of benzene rings is 2. The van der Waals surface area contributed by atoms with Crippen LogP contribution in [0.2, 0.25) is 0 Å². The first kappa shape index (κ1) is 28.3. The second-order valence-corrected chi connectivity index (χ2v) is 11.4. The number of carbonyl (C=O) groups excluding carboxylic acids is 1. The first-order valence-electron chi connectivity index (χ1n) is 11.9. The Kier molecular flexibility index (Phi) is 7.84. The first-order valence-corrected chi connectivity index (χ1v) is 13.8. The summed E-state index contributed by atoms with van der Waals surface area (Å²) in [5.41, 5.74) is 1.26. The third kappa shape index (κ3) is 6.31. The Bertz CT molecular complexity index is 1500. The number of nitrogens with zero attached hydrogens (tertiary/aromatic N) is 3. The van der Waals surface area contributed by atoms with E-state index >= 15 is 0 Å². The maximum absolute atomic E-state index is 14.0. The third-order valence-corrected chi connectivity index (χ3v) is 7.89. The van der Waals surface area contributed by atoms with Crippen molar-refractivity contribution in [2.45, 2.75) is 32.0 Å². The number of rotatable bonds is 8. The molecule has 2 N–H and O–H groups in total. The van der Waals surface area contributed by atoms with Gasteiger partial charge in [0.2, 0.25) is 21.9 Å². The molecule has 3 aromatic rings. The van der Waals surface area contributed by atoms with E-state index in [1.807, 2.05) is 12.1 Å². The van der Waals surface area contributed by atoms with Crippen LogP contribution >= 0.6 is 0 Å². The maximum Gasteiger partial charge on any atom is 0.419 e. The average Bonchev–Trinajstić information content (AvgIpc) is 3.20. The normalized spacial score (nSPS) is 17.1. The fourth-order valence-corrected chi connectivity index (χ4v) is 5.55. The van der Waals surface area contributed by atoms with E-state index in [1.165, 1.54) is 25.4 Å². The highest BCUT2D eigenvalue weighted by Gasteiger charge is 2.41. The van der Waals surface area contributed by atoms with Crippen molar-refractivity contribution in [1.29, 1.82) is 0 Å². The lowest BCUT2D eigenvalue weighted by Gasteiger charge is -2.29. The number of aromatic nitrogens is 2. The van der Waals surface area contributed by atoms with E-state index in [1.54, 1.807) is 30.3 Å². The molecule has 0 radical (unpaired) electrons. The van der Waals surface area contributed by atoms with Crippen LogP contribution < -0.4 is 15.4 Å². The highest BCUT2D eigenvalue weighted by atomic mass is 32.2. The van der Waals surface area contributed by atoms with Crippen molar-refractivity contribution < 1.29 is 31.1 Å². The molecule has 0 saturated carbocycles. The highest BCUT2D eigenvalue weighted by Crippen LogP contribution is 2.43. The molecule has 1 aromatic heterocycles. The van der Waals surface area contributed by atoms with Crippen LogP contribution in [0.1, 0.15) is 35.3 Å². The molecule has 9 nitrogen and oxygen atoms in total. The Balaban J connectivity index is 1.70. The number of methoxy groups -OCH3 is 1. The fourth-order valence-electron chi connectivity index (χ4n) is 4.85. The average molecular weight is 564 g/mol. The Morgan fingerprint density at radius 1 is 1.21 bits per heavy atom. The number of amides is 1. The second-order valence-electron chi connectivity index (χ2n) is 9.36. The summed E-state index contributed by atoms with van der Waals surface area (Å²) in [5, 5.41) is 5.52. The minimum absolute atomic E-state index is 0.0906. The number of carbonyl (C=O) groups is 1. The molecular weight excluding hydrogens is 535 g/mol. The third-order valence-electron chi connectivity index (χ3n) is 6.61. The van der Waals surface area contributed by atoms with Crippen LogP contribution in [-0.2, 0) is 33.8 Å². The van der Waals surface area contributed by atoms with Gasteiger partial charge in [0.05, 0.1) is 36.4 Å². The zero-order valence-corrected chi connectivity index (χ0v) is 22.5. The van der Waals surface area contributed by atoms with E-state index in [0.717, 1.165) is 23.6 Å². The summed E-state index contributed by atoms with van der Waals surface area (Å²) in [6.07, 6.45) is -2.66. The Hall–Kier alpha value is -3.71. The lowest BCUT2D eigenvalue weighted by molar-refractivity contribution is -0.138. The molecule has 0 fully saturated rings. The summed E-state index contributed by atoms with van der Waals surface area (Å²) >= 11 is 0. The monoisotopic (exact) mass is 563 g/mol. The molecule has 4 rings (SSSR count). The number of hydrogen-bond donors (Lipinski definition) is 2. The Morgan fingerprint density at radius 3 is 2.56 bits per heavy atom. The lowest BCUT2D eigenvalue weighted by Crippen LogP contribution is -2.34. The van der Waals surface area contributed by atoms with Crippen LogP contribution in [-0.4, -0.2) is 49.0 Å². The summed E-state index contributed by atoms with van der Waals surface area (Å²) in [7, 11) is -0.790. The van der Waals surface area contributed by atoms with Crippen molar-refractivity contribution in [3.05, 3.63) is 71.0 Å². The standard InChI is InChI=1S/C26H28F3N5O4S/c1-15(35)31-18-9-10-21(23(13-18)38-3)32-25-30-14-20(26(27,28)29)22(33-25)12-17-11-16-7-5-6-8-19(16)24(17)34(2)39(4,36)37/h5-10,13-14,17,24H,11-12H2,1-4H3,(H,31,35)(H,30,32,33)/t17-,24-/m0/s1. The predicted molar refractivity (Wildman–Crippen MR) is 140 cm³/mol. The largest absolute Gasteiger partial charge is 0.494 e. The van der Waals surface area contributed by atoms with Crippen LogP contribution in [0.3, 0.4) is 0 Å². The van der Waals surface area contributed by atoms with Crippen LogP contribution in [0.15, 0.2) is 48.7 Å². The number of hydrogen-bond acceptors (Lipinski definition) is 7. The van der Waals surface area contributed by atoms with Crippen molar-refractivity contribution in [2.75, 3.05) is 31.0 Å². The summed E-state index contributed by atoms with van der Waals surface area (Å²) in [4.78, 5) is 19.5. The van der Waals surface area contributed by atoms with Crippen LogP contribution in [0.5, 0.6) is 5.75 Å². The first-order chi connectivity index (χ1) is 18.3. The smallest absolute Gasteiger partial charge is 0.419 e. The summed E-state index contributed by atoms with van der Waals surface area (Å²) in [6.45, 7) is 1.36. The SMILES string of the molecule is COc1cc(NC(C)=O)ccc1Nc1ncc(C(F)(F)F)c(C[C@@H]2Cc3ccccc3[C@H]2N(C)S(C)(=O)=O)n1. The number of sulfonamides is 1. The van der Waals surface area contributed by atoms with Gasteiger partial charge in [-0.1, -0.05) is 24.3 Å². The molecular formula is C26H28F3N5O4S. The van der Waals surface area contributed by atoms with Gasteiger partial charge in [0, 0.05) is 31.9 Å². The topological polar surface area (TPSA) is 114 Å². The van der Waals surface area contributed by atoms with E-state index in [-0.39, 0.29) is 24.0 Å². The van der Waals surface area contributed by atoms with Crippen molar-refractivity contribution >= 4 is 33.3 Å². The minimum atomic E-state index is -4.71. The molecule has 1 aliphatic carbocycles. The van der Waals surface area contributed by atoms with Gasteiger partial charge in [-0.3, -0.25) is 4.79 Å². The molecule has 1 amide bonds. The number of ether oxygens (including phenoxy) is 1. The number of nitrogens with one attached hydrogen (secondary N) is 2. The van der Waals surface area contributed by atoms with E-state index in [4.69, 9.17) is 4.74 Å². The van der Waals surface area contributed by atoms with Gasteiger partial charge < -0.3 is 15.4 Å². The van der Waals surface area contributed by atoms with E-state index in [9.17, 15) is 26.4 Å². The number of alkyl halides is 3. The summed E-state index contributed by atoms with van der Waals surface area (Å²) < 4.78 is 73.4. The second kappa shape index (κ2) is 10.8. The zero-order valence-electron chi connectivity index (χ0n) is 21.7. The van der Waals surface area contributed by atoms with E-state index in [0.29, 0.717) is 23.5 Å². The van der Waals surface area contributed by atoms with E-state index in [2.05, 4.69) is 20.6 Å². The van der Waals surface area contributed by atoms with Crippen molar-refractivity contribution in [2.24, 2.45) is 5.92 Å². The number of halogens is 3. The zero-order chi connectivity index (χ0) is 28.5. The summed E-state index contributed by atoms with van der Waals surface area (Å²) in [6, 6.07) is 11.3. The fraction of sp³-hybridized carbons (Fsp3) is 0.346. The molecule has 13 heteroatoms.